The van der Waals surface area contributed by atoms with E-state index in [0.717, 1.165) is 6.08 Å². The van der Waals surface area contributed by atoms with Gasteiger partial charge >= 0.3 is 0 Å². The molecule has 1 aliphatic rings. The first kappa shape index (κ1) is 23.8. The van der Waals surface area contributed by atoms with E-state index in [1.54, 1.807) is 0 Å². The highest BCUT2D eigenvalue weighted by atomic mass is 35.5. The minimum Gasteiger partial charge on any atom is -0.449 e. The first-order chi connectivity index (χ1) is 13.4. The van der Waals surface area contributed by atoms with E-state index in [0.29, 0.717) is 32.8 Å². The molecule has 3 nitrogen and oxygen atoms in total. The molecule has 1 aliphatic heterocycles. The normalized spacial score (nSPS) is 14.8. The lowest BCUT2D eigenvalue weighted by Crippen LogP contribution is -2.36. The molecule has 0 unspecified atom stereocenters. The van der Waals surface area contributed by atoms with Crippen molar-refractivity contribution in [3.63, 3.8) is 0 Å². The number of nitrogens with zero attached hydrogens (tertiary/aromatic N) is 1. The Morgan fingerprint density at radius 1 is 1.00 bits per heavy atom. The van der Waals surface area contributed by atoms with Crippen LogP contribution < -0.4 is 4.74 Å². The number of hydrogen-bond acceptors (Lipinski definition) is 3. The number of hydrogen-bond donors (Lipinski definition) is 0. The lowest BCUT2D eigenvalue weighted by molar-refractivity contribution is 0.0435. The molecule has 29 heavy (non-hydrogen) atoms. The third-order valence-corrected chi connectivity index (χ3v) is 4.66. The van der Waals surface area contributed by atoms with E-state index in [2.05, 4.69) is 0 Å². The smallest absolute Gasteiger partial charge is 0.205 e. The van der Waals surface area contributed by atoms with Gasteiger partial charge in [-0.25, -0.2) is 8.78 Å². The maximum atomic E-state index is 14.4. The van der Waals surface area contributed by atoms with Crippen LogP contribution in [-0.2, 0) is 4.74 Å². The Morgan fingerprint density at radius 3 is 2.24 bits per heavy atom. The van der Waals surface area contributed by atoms with Gasteiger partial charge in [-0.2, -0.15) is 8.78 Å². The fourth-order valence-electron chi connectivity index (χ4n) is 2.63. The minimum atomic E-state index is -1.67. The second-order valence-electron chi connectivity index (χ2n) is 5.99. The summed E-state index contributed by atoms with van der Waals surface area (Å²) in [7, 11) is 0. The molecule has 1 heterocycles. The molecule has 2 aromatic rings. The van der Waals surface area contributed by atoms with Crippen LogP contribution in [0.5, 0.6) is 11.5 Å². The second kappa shape index (κ2) is 10.5. The van der Waals surface area contributed by atoms with Crippen LogP contribution in [0.15, 0.2) is 24.3 Å². The predicted molar refractivity (Wildman–Crippen MR) is 106 cm³/mol. The molecular formula is C19H16Cl3F4NO2. The van der Waals surface area contributed by atoms with Crippen molar-refractivity contribution >= 4 is 41.7 Å². The SMILES string of the molecule is Cl.Fc1c(F)c(Oc2cc(Cl)ccc2Cl)c(F)c(F)c1/C=C/CN1CCOCC1. The summed E-state index contributed by atoms with van der Waals surface area (Å²) in [5.41, 5.74) is -0.826. The van der Waals surface area contributed by atoms with E-state index < -0.39 is 34.6 Å². The van der Waals surface area contributed by atoms with E-state index in [4.69, 9.17) is 32.7 Å². The lowest BCUT2D eigenvalue weighted by atomic mass is 10.1. The van der Waals surface area contributed by atoms with Crippen molar-refractivity contribution in [2.75, 3.05) is 32.8 Å². The zero-order valence-electron chi connectivity index (χ0n) is 14.9. The van der Waals surface area contributed by atoms with Crippen LogP contribution in [0, 0.1) is 23.3 Å². The van der Waals surface area contributed by atoms with E-state index in [1.807, 2.05) is 4.90 Å². The van der Waals surface area contributed by atoms with Gasteiger partial charge in [0.05, 0.1) is 23.8 Å². The van der Waals surface area contributed by atoms with Gasteiger partial charge in [0, 0.05) is 30.7 Å². The van der Waals surface area contributed by atoms with Crippen LogP contribution in [0.4, 0.5) is 17.6 Å². The van der Waals surface area contributed by atoms with Crippen LogP contribution in [0.2, 0.25) is 10.0 Å². The zero-order chi connectivity index (χ0) is 20.3. The Bertz CT molecular complexity index is 877. The van der Waals surface area contributed by atoms with E-state index in [1.165, 1.54) is 24.3 Å². The Morgan fingerprint density at radius 2 is 1.62 bits per heavy atom. The van der Waals surface area contributed by atoms with Crippen molar-refractivity contribution in [1.82, 2.24) is 4.90 Å². The maximum absolute atomic E-state index is 14.4. The molecule has 0 aliphatic carbocycles. The van der Waals surface area contributed by atoms with Crippen LogP contribution in [0.25, 0.3) is 6.08 Å². The van der Waals surface area contributed by atoms with Crippen molar-refractivity contribution < 1.29 is 27.0 Å². The van der Waals surface area contributed by atoms with Crippen LogP contribution in [-0.4, -0.2) is 37.7 Å². The first-order valence-corrected chi connectivity index (χ1v) is 9.09. The average Bonchev–Trinajstić information content (AvgIpc) is 2.69. The Kier molecular flexibility index (Phi) is 8.60. The molecule has 158 valence electrons. The van der Waals surface area contributed by atoms with Crippen LogP contribution in [0.1, 0.15) is 5.56 Å². The highest BCUT2D eigenvalue weighted by Crippen LogP contribution is 2.37. The Labute approximate surface area is 181 Å². The van der Waals surface area contributed by atoms with Gasteiger partial charge < -0.3 is 9.47 Å². The van der Waals surface area contributed by atoms with Crippen molar-refractivity contribution in [3.05, 3.63) is 63.2 Å². The highest BCUT2D eigenvalue weighted by molar-refractivity contribution is 6.34. The zero-order valence-corrected chi connectivity index (χ0v) is 17.2. The number of rotatable bonds is 5. The molecule has 1 fully saturated rings. The summed E-state index contributed by atoms with van der Waals surface area (Å²) in [4.78, 5) is 1.97. The molecule has 0 radical (unpaired) electrons. The Balaban J connectivity index is 0.00000300. The second-order valence-corrected chi connectivity index (χ2v) is 6.83. The molecule has 0 bridgehead atoms. The number of benzene rings is 2. The third kappa shape index (κ3) is 5.55. The van der Waals surface area contributed by atoms with Crippen LogP contribution >= 0.6 is 35.6 Å². The quantitative estimate of drug-likeness (QED) is 0.387. The summed E-state index contributed by atoms with van der Waals surface area (Å²) in [5.74, 6) is -7.93. The maximum Gasteiger partial charge on any atom is 0.205 e. The van der Waals surface area contributed by atoms with Crippen molar-refractivity contribution in [2.45, 2.75) is 0 Å². The highest BCUT2D eigenvalue weighted by Gasteiger charge is 2.26. The van der Waals surface area contributed by atoms with E-state index in [-0.39, 0.29) is 28.2 Å². The molecule has 0 aromatic heterocycles. The summed E-state index contributed by atoms with van der Waals surface area (Å²) in [6.07, 6.45) is 2.43. The predicted octanol–water partition coefficient (Wildman–Crippen LogP) is 6.11. The van der Waals surface area contributed by atoms with Gasteiger partial charge in [0.2, 0.25) is 17.4 Å². The molecule has 10 heteroatoms. The van der Waals surface area contributed by atoms with E-state index >= 15 is 0 Å². The largest absolute Gasteiger partial charge is 0.449 e. The van der Waals surface area contributed by atoms with Gasteiger partial charge in [-0.05, 0) is 12.1 Å². The van der Waals surface area contributed by atoms with Gasteiger partial charge in [-0.1, -0.05) is 35.4 Å². The van der Waals surface area contributed by atoms with Gasteiger partial charge in [-0.3, -0.25) is 4.90 Å². The summed E-state index contributed by atoms with van der Waals surface area (Å²) in [5, 5.41) is 0.141. The molecule has 0 N–H and O–H groups in total. The van der Waals surface area contributed by atoms with Crippen molar-refractivity contribution in [1.29, 1.82) is 0 Å². The van der Waals surface area contributed by atoms with Crippen LogP contribution in [0.3, 0.4) is 0 Å². The Hall–Kier alpha value is -1.51. The molecule has 0 spiro atoms. The van der Waals surface area contributed by atoms with Crippen molar-refractivity contribution in [2.24, 2.45) is 0 Å². The third-order valence-electron chi connectivity index (χ3n) is 4.11. The summed E-state index contributed by atoms with van der Waals surface area (Å²) >= 11 is 11.6. The molecule has 2 aromatic carbocycles. The molecular weight excluding hydrogens is 457 g/mol. The summed E-state index contributed by atoms with van der Waals surface area (Å²) < 4.78 is 67.6. The van der Waals surface area contributed by atoms with Crippen molar-refractivity contribution in [3.8, 4) is 11.5 Å². The molecule has 0 atom stereocenters. The topological polar surface area (TPSA) is 21.7 Å². The molecule has 0 amide bonds. The average molecular weight is 473 g/mol. The molecule has 1 saturated heterocycles. The minimum absolute atomic E-state index is 0. The standard InChI is InChI=1S/C19H15Cl2F4NO2.ClH/c20-11-3-4-13(21)14(10-11)28-19-17(24)15(22)12(16(23)18(19)25)2-1-5-26-6-8-27-9-7-26;/h1-4,10H,5-9H2;1H/b2-1+;. The molecule has 3 rings (SSSR count). The first-order valence-electron chi connectivity index (χ1n) is 8.34. The fourth-order valence-corrected chi connectivity index (χ4v) is 2.95. The van der Waals surface area contributed by atoms with Gasteiger partial charge in [0.15, 0.2) is 11.6 Å². The summed E-state index contributed by atoms with van der Waals surface area (Å²) in [6.45, 7) is 2.79. The number of morpholine rings is 1. The van der Waals surface area contributed by atoms with Gasteiger partial charge in [0.1, 0.15) is 5.75 Å². The molecule has 0 saturated carbocycles. The number of halogens is 7. The lowest BCUT2D eigenvalue weighted by Gasteiger charge is -2.25. The monoisotopic (exact) mass is 471 g/mol. The van der Waals surface area contributed by atoms with Gasteiger partial charge in [-0.15, -0.1) is 12.4 Å². The summed E-state index contributed by atoms with van der Waals surface area (Å²) in [6, 6.07) is 3.92. The fraction of sp³-hybridized carbons (Fsp3) is 0.263. The van der Waals surface area contributed by atoms with E-state index in [9.17, 15) is 17.6 Å². The number of ether oxygens (including phenoxy) is 2. The van der Waals surface area contributed by atoms with Gasteiger partial charge in [0.25, 0.3) is 0 Å².